The lowest BCUT2D eigenvalue weighted by molar-refractivity contribution is 0.0720. The number of pyridine rings is 1. The minimum Gasteiger partial charge on any atom is -0.369 e. The Labute approximate surface area is 154 Å². The lowest BCUT2D eigenvalue weighted by atomic mass is 10.1. The first-order chi connectivity index (χ1) is 12.0. The summed E-state index contributed by atoms with van der Waals surface area (Å²) in [6.45, 7) is 11.2. The second-order valence-electron chi connectivity index (χ2n) is 7.52. The van der Waals surface area contributed by atoms with Gasteiger partial charge in [-0.3, -0.25) is 4.79 Å². The lowest BCUT2D eigenvalue weighted by Gasteiger charge is -2.25. The molecule has 1 aliphatic rings. The number of anilines is 1. The molecule has 25 heavy (non-hydrogen) atoms. The summed E-state index contributed by atoms with van der Waals surface area (Å²) in [5, 5.41) is 3.32. The van der Waals surface area contributed by atoms with E-state index in [1.807, 2.05) is 17.2 Å². The minimum atomic E-state index is 0.155. The molecule has 1 aliphatic heterocycles. The molecule has 0 bridgehead atoms. The third-order valence-corrected chi connectivity index (χ3v) is 5.37. The Balaban J connectivity index is 1.85. The van der Waals surface area contributed by atoms with Crippen molar-refractivity contribution in [2.24, 2.45) is 11.8 Å². The van der Waals surface area contributed by atoms with E-state index in [1.54, 1.807) is 11.3 Å². The van der Waals surface area contributed by atoms with Crippen LogP contribution in [0.3, 0.4) is 0 Å². The fraction of sp³-hybridized carbons (Fsp3) is 0.500. The van der Waals surface area contributed by atoms with Crippen molar-refractivity contribution in [3.05, 3.63) is 34.8 Å². The van der Waals surface area contributed by atoms with Gasteiger partial charge in [0.05, 0.1) is 4.88 Å². The molecule has 2 aromatic rings. The summed E-state index contributed by atoms with van der Waals surface area (Å²) in [6, 6.07) is 6.12. The molecular weight excluding hydrogens is 330 g/mol. The molecule has 2 aromatic heterocycles. The maximum atomic E-state index is 13.0. The van der Waals surface area contributed by atoms with Crippen molar-refractivity contribution >= 4 is 23.1 Å². The Bertz CT molecular complexity index is 741. The monoisotopic (exact) mass is 357 g/mol. The first kappa shape index (κ1) is 17.9. The zero-order chi connectivity index (χ0) is 18.0. The van der Waals surface area contributed by atoms with Gasteiger partial charge in [-0.05, 0) is 36.5 Å². The van der Waals surface area contributed by atoms with Gasteiger partial charge in [-0.1, -0.05) is 27.7 Å². The summed E-state index contributed by atoms with van der Waals surface area (Å²) in [6.07, 6.45) is 2.84. The Hall–Kier alpha value is -1.88. The lowest BCUT2D eigenvalue weighted by Crippen LogP contribution is -2.36. The number of nitrogens with one attached hydrogen (secondary N) is 1. The van der Waals surface area contributed by atoms with Crippen molar-refractivity contribution in [2.75, 3.05) is 25.0 Å². The van der Waals surface area contributed by atoms with Crippen molar-refractivity contribution in [2.45, 2.75) is 34.1 Å². The van der Waals surface area contributed by atoms with Gasteiger partial charge in [0.15, 0.2) is 0 Å². The van der Waals surface area contributed by atoms with Gasteiger partial charge in [0.1, 0.15) is 5.82 Å². The van der Waals surface area contributed by atoms with Crippen LogP contribution in [0.1, 0.15) is 42.9 Å². The molecule has 5 heteroatoms. The number of carbonyl (C=O) groups excluding carboxylic acids is 1. The zero-order valence-corrected chi connectivity index (χ0v) is 16.3. The number of hydrogen-bond acceptors (Lipinski definition) is 4. The van der Waals surface area contributed by atoms with E-state index in [1.165, 1.54) is 11.1 Å². The smallest absolute Gasteiger partial charge is 0.263 e. The van der Waals surface area contributed by atoms with E-state index in [4.69, 9.17) is 0 Å². The van der Waals surface area contributed by atoms with E-state index in [2.05, 4.69) is 50.1 Å². The van der Waals surface area contributed by atoms with Crippen molar-refractivity contribution in [1.82, 2.24) is 9.88 Å². The highest BCUT2D eigenvalue weighted by Crippen LogP contribution is 2.35. The maximum absolute atomic E-state index is 13.0. The Morgan fingerprint density at radius 1 is 1.20 bits per heavy atom. The molecule has 134 valence electrons. The molecule has 4 nitrogen and oxygen atoms in total. The topological polar surface area (TPSA) is 45.2 Å². The SMILES string of the molecule is CC(C)CN(CC(C)C)C(=O)c1ccc(-c2ccnc3c2CCN3)s1. The van der Waals surface area contributed by atoms with Crippen LogP contribution in [0.15, 0.2) is 24.4 Å². The predicted molar refractivity (Wildman–Crippen MR) is 105 cm³/mol. The van der Waals surface area contributed by atoms with Crippen LogP contribution < -0.4 is 5.32 Å². The van der Waals surface area contributed by atoms with Gasteiger partial charge in [0.25, 0.3) is 5.91 Å². The Morgan fingerprint density at radius 3 is 2.60 bits per heavy atom. The Morgan fingerprint density at radius 2 is 1.92 bits per heavy atom. The summed E-state index contributed by atoms with van der Waals surface area (Å²) in [4.78, 5) is 21.4. The number of nitrogens with zero attached hydrogens (tertiary/aromatic N) is 2. The molecule has 0 radical (unpaired) electrons. The largest absolute Gasteiger partial charge is 0.369 e. The number of thiophene rings is 1. The van der Waals surface area contributed by atoms with Crippen molar-refractivity contribution in [3.63, 3.8) is 0 Å². The van der Waals surface area contributed by atoms with E-state index in [0.717, 1.165) is 41.6 Å². The number of rotatable bonds is 6. The van der Waals surface area contributed by atoms with Crippen LogP contribution in [0.2, 0.25) is 0 Å². The summed E-state index contributed by atoms with van der Waals surface area (Å²) < 4.78 is 0. The molecule has 0 saturated heterocycles. The van der Waals surface area contributed by atoms with Crippen LogP contribution in [0.4, 0.5) is 5.82 Å². The van der Waals surface area contributed by atoms with Gasteiger partial charge in [-0.2, -0.15) is 0 Å². The highest BCUT2D eigenvalue weighted by Gasteiger charge is 2.22. The van der Waals surface area contributed by atoms with Gasteiger partial charge in [0, 0.05) is 41.8 Å². The molecule has 1 amide bonds. The normalized spacial score (nSPS) is 13.2. The summed E-state index contributed by atoms with van der Waals surface area (Å²) in [5.74, 6) is 2.08. The molecule has 0 saturated carbocycles. The van der Waals surface area contributed by atoms with E-state index in [-0.39, 0.29) is 5.91 Å². The van der Waals surface area contributed by atoms with Crippen molar-refractivity contribution < 1.29 is 4.79 Å². The summed E-state index contributed by atoms with van der Waals surface area (Å²) in [7, 11) is 0. The molecule has 3 heterocycles. The van der Waals surface area contributed by atoms with Crippen molar-refractivity contribution in [3.8, 4) is 10.4 Å². The molecule has 0 aliphatic carbocycles. The average molecular weight is 358 g/mol. The first-order valence-corrected chi connectivity index (χ1v) is 9.88. The van der Waals surface area contributed by atoms with E-state index < -0.39 is 0 Å². The number of hydrogen-bond donors (Lipinski definition) is 1. The zero-order valence-electron chi connectivity index (χ0n) is 15.5. The van der Waals surface area contributed by atoms with Crippen LogP contribution in [0, 0.1) is 11.8 Å². The fourth-order valence-corrected chi connectivity index (χ4v) is 4.34. The van der Waals surface area contributed by atoms with Gasteiger partial charge in [0.2, 0.25) is 0 Å². The molecule has 0 atom stereocenters. The average Bonchev–Trinajstić information content (AvgIpc) is 3.21. The number of carbonyl (C=O) groups is 1. The molecule has 0 aromatic carbocycles. The second kappa shape index (κ2) is 7.56. The third kappa shape index (κ3) is 4.03. The van der Waals surface area contributed by atoms with Crippen molar-refractivity contribution in [1.29, 1.82) is 0 Å². The number of aromatic nitrogens is 1. The number of fused-ring (bicyclic) bond motifs is 1. The summed E-state index contributed by atoms with van der Waals surface area (Å²) in [5.41, 5.74) is 2.47. The molecule has 0 spiro atoms. The maximum Gasteiger partial charge on any atom is 0.263 e. The number of amides is 1. The molecule has 3 rings (SSSR count). The van der Waals surface area contributed by atoms with Crippen LogP contribution in [-0.2, 0) is 6.42 Å². The van der Waals surface area contributed by atoms with Gasteiger partial charge >= 0.3 is 0 Å². The first-order valence-electron chi connectivity index (χ1n) is 9.07. The van der Waals surface area contributed by atoms with E-state index in [0.29, 0.717) is 11.8 Å². The second-order valence-corrected chi connectivity index (χ2v) is 8.61. The van der Waals surface area contributed by atoms with Gasteiger partial charge in [-0.25, -0.2) is 4.98 Å². The van der Waals surface area contributed by atoms with Gasteiger partial charge in [-0.15, -0.1) is 11.3 Å². The van der Waals surface area contributed by atoms with Crippen LogP contribution in [0.5, 0.6) is 0 Å². The summed E-state index contributed by atoms with van der Waals surface area (Å²) >= 11 is 1.60. The fourth-order valence-electron chi connectivity index (χ4n) is 3.31. The van der Waals surface area contributed by atoms with E-state index >= 15 is 0 Å². The highest BCUT2D eigenvalue weighted by atomic mass is 32.1. The molecule has 0 unspecified atom stereocenters. The molecular formula is C20H27N3OS. The van der Waals surface area contributed by atoms with Crippen LogP contribution in [0.25, 0.3) is 10.4 Å². The Kier molecular flexibility index (Phi) is 5.42. The molecule has 1 N–H and O–H groups in total. The van der Waals surface area contributed by atoms with Crippen LogP contribution in [-0.4, -0.2) is 35.4 Å². The standard InChI is InChI=1S/C20H27N3OS/c1-13(2)11-23(12-14(3)4)20(24)18-6-5-17(25-18)15-7-9-21-19-16(15)8-10-22-19/h5-7,9,13-14H,8,10-12H2,1-4H3,(H,21,22). The third-order valence-electron chi connectivity index (χ3n) is 4.26. The highest BCUT2D eigenvalue weighted by molar-refractivity contribution is 7.17. The van der Waals surface area contributed by atoms with E-state index in [9.17, 15) is 4.79 Å². The quantitative estimate of drug-likeness (QED) is 0.826. The van der Waals surface area contributed by atoms with Gasteiger partial charge < -0.3 is 10.2 Å². The molecule has 0 fully saturated rings. The predicted octanol–water partition coefficient (Wildman–Crippen LogP) is 4.53. The van der Waals surface area contributed by atoms with Crippen LogP contribution >= 0.6 is 11.3 Å². The minimum absolute atomic E-state index is 0.155.